The van der Waals surface area contributed by atoms with Crippen LogP contribution in [0.15, 0.2) is 12.1 Å². The number of hydrogen-bond acceptors (Lipinski definition) is 3. The van der Waals surface area contributed by atoms with Crippen molar-refractivity contribution in [2.75, 3.05) is 25.9 Å². The van der Waals surface area contributed by atoms with E-state index in [-0.39, 0.29) is 11.5 Å². The lowest BCUT2D eigenvalue weighted by Gasteiger charge is -2.13. The van der Waals surface area contributed by atoms with Gasteiger partial charge in [0, 0.05) is 25.2 Å². The van der Waals surface area contributed by atoms with E-state index in [9.17, 15) is 8.78 Å². The molecule has 1 aliphatic rings. The monoisotopic (exact) mass is 266 g/mol. The van der Waals surface area contributed by atoms with Crippen molar-refractivity contribution in [3.8, 4) is 0 Å². The Morgan fingerprint density at radius 1 is 1.42 bits per heavy atom. The molecule has 1 saturated heterocycles. The maximum Gasteiger partial charge on any atom is 0.201 e. The molecule has 2 heterocycles. The number of imidazole rings is 1. The van der Waals surface area contributed by atoms with Gasteiger partial charge < -0.3 is 15.2 Å². The Balaban J connectivity index is 2.00. The number of nitrogen functional groups attached to an aromatic ring is 1. The van der Waals surface area contributed by atoms with E-state index in [4.69, 9.17) is 5.73 Å². The minimum absolute atomic E-state index is 0.144. The van der Waals surface area contributed by atoms with E-state index in [1.807, 2.05) is 0 Å². The van der Waals surface area contributed by atoms with Crippen molar-refractivity contribution < 1.29 is 8.78 Å². The molecule has 19 heavy (non-hydrogen) atoms. The lowest BCUT2D eigenvalue weighted by molar-refractivity contribution is 0.380. The third kappa shape index (κ3) is 2.16. The first-order valence-electron chi connectivity index (χ1n) is 6.34. The van der Waals surface area contributed by atoms with Crippen LogP contribution in [-0.4, -0.2) is 34.6 Å². The van der Waals surface area contributed by atoms with Gasteiger partial charge in [0.2, 0.25) is 5.95 Å². The lowest BCUT2D eigenvalue weighted by Crippen LogP contribution is -2.18. The second kappa shape index (κ2) is 4.45. The predicted octanol–water partition coefficient (Wildman–Crippen LogP) is 1.85. The molecule has 1 aliphatic heterocycles. The molecule has 1 unspecified atom stereocenters. The van der Waals surface area contributed by atoms with E-state index < -0.39 is 11.6 Å². The highest BCUT2D eigenvalue weighted by Gasteiger charge is 2.22. The number of likely N-dealkylation sites (tertiary alicyclic amines) is 1. The summed E-state index contributed by atoms with van der Waals surface area (Å²) < 4.78 is 28.7. The average molecular weight is 266 g/mol. The molecule has 0 spiro atoms. The molecule has 4 nitrogen and oxygen atoms in total. The Morgan fingerprint density at radius 2 is 2.21 bits per heavy atom. The molecule has 2 N–H and O–H groups in total. The number of halogens is 2. The fourth-order valence-electron chi connectivity index (χ4n) is 2.79. The minimum Gasteiger partial charge on any atom is -0.369 e. The summed E-state index contributed by atoms with van der Waals surface area (Å²) in [6.07, 6.45) is 1.06. The highest BCUT2D eigenvalue weighted by atomic mass is 19.1. The van der Waals surface area contributed by atoms with Gasteiger partial charge in [0.15, 0.2) is 5.82 Å². The molecule has 3 rings (SSSR count). The van der Waals surface area contributed by atoms with Crippen molar-refractivity contribution in [2.24, 2.45) is 5.92 Å². The van der Waals surface area contributed by atoms with Crippen molar-refractivity contribution in [1.29, 1.82) is 0 Å². The van der Waals surface area contributed by atoms with Crippen LogP contribution in [0.1, 0.15) is 6.42 Å². The lowest BCUT2D eigenvalue weighted by atomic mass is 10.1. The Bertz CT molecular complexity index is 623. The molecule has 0 aliphatic carbocycles. The molecule has 1 atom stereocenters. The van der Waals surface area contributed by atoms with Gasteiger partial charge >= 0.3 is 0 Å². The van der Waals surface area contributed by atoms with Gasteiger partial charge in [0.25, 0.3) is 0 Å². The third-order valence-electron chi connectivity index (χ3n) is 3.73. The number of nitrogens with two attached hydrogens (primary N) is 1. The molecule has 102 valence electrons. The molecule has 0 amide bonds. The maximum absolute atomic E-state index is 13.6. The smallest absolute Gasteiger partial charge is 0.201 e. The second-order valence-electron chi connectivity index (χ2n) is 5.25. The Labute approximate surface area is 109 Å². The number of anilines is 1. The Morgan fingerprint density at radius 3 is 2.89 bits per heavy atom. The van der Waals surface area contributed by atoms with Crippen molar-refractivity contribution in [3.05, 3.63) is 23.8 Å². The van der Waals surface area contributed by atoms with Crippen LogP contribution in [0.25, 0.3) is 11.0 Å². The molecule has 1 fully saturated rings. The zero-order valence-electron chi connectivity index (χ0n) is 10.7. The van der Waals surface area contributed by atoms with Crippen LogP contribution >= 0.6 is 0 Å². The number of nitrogens with zero attached hydrogens (tertiary/aromatic N) is 3. The zero-order valence-corrected chi connectivity index (χ0v) is 10.7. The van der Waals surface area contributed by atoms with E-state index in [1.165, 1.54) is 6.07 Å². The number of fused-ring (bicyclic) bond motifs is 1. The number of aromatic nitrogens is 2. The Hall–Kier alpha value is -1.69. The van der Waals surface area contributed by atoms with Crippen molar-refractivity contribution in [3.63, 3.8) is 0 Å². The van der Waals surface area contributed by atoms with Gasteiger partial charge in [-0.2, -0.15) is 0 Å². The predicted molar refractivity (Wildman–Crippen MR) is 69.7 cm³/mol. The first-order chi connectivity index (χ1) is 9.04. The highest BCUT2D eigenvalue weighted by Crippen LogP contribution is 2.25. The largest absolute Gasteiger partial charge is 0.369 e. The van der Waals surface area contributed by atoms with Crippen molar-refractivity contribution in [1.82, 2.24) is 14.5 Å². The molecule has 0 bridgehead atoms. The van der Waals surface area contributed by atoms with E-state index in [0.717, 1.165) is 25.6 Å². The van der Waals surface area contributed by atoms with Gasteiger partial charge in [-0.3, -0.25) is 0 Å². The van der Waals surface area contributed by atoms with Gasteiger partial charge in [-0.25, -0.2) is 13.8 Å². The molecular formula is C13H16F2N4. The molecule has 1 aromatic carbocycles. The zero-order chi connectivity index (χ0) is 13.6. The van der Waals surface area contributed by atoms with Gasteiger partial charge in [0.1, 0.15) is 11.3 Å². The van der Waals surface area contributed by atoms with E-state index in [1.54, 1.807) is 4.57 Å². The van der Waals surface area contributed by atoms with Crippen LogP contribution in [0.2, 0.25) is 0 Å². The fraction of sp³-hybridized carbons (Fsp3) is 0.462. The highest BCUT2D eigenvalue weighted by molar-refractivity contribution is 5.79. The first kappa shape index (κ1) is 12.3. The van der Waals surface area contributed by atoms with Gasteiger partial charge in [-0.1, -0.05) is 0 Å². The van der Waals surface area contributed by atoms with Gasteiger partial charge in [0.05, 0.1) is 5.52 Å². The quantitative estimate of drug-likeness (QED) is 0.902. The first-order valence-corrected chi connectivity index (χ1v) is 6.34. The summed E-state index contributed by atoms with van der Waals surface area (Å²) in [6, 6.07) is 2.13. The summed E-state index contributed by atoms with van der Waals surface area (Å²) >= 11 is 0. The molecule has 0 radical (unpaired) electrons. The van der Waals surface area contributed by atoms with Crippen LogP contribution in [-0.2, 0) is 6.54 Å². The van der Waals surface area contributed by atoms with E-state index >= 15 is 0 Å². The third-order valence-corrected chi connectivity index (χ3v) is 3.73. The SMILES string of the molecule is CN1CCC(Cn2c(N)nc3c(F)cc(F)cc32)C1. The van der Waals surface area contributed by atoms with Crippen LogP contribution in [0.4, 0.5) is 14.7 Å². The topological polar surface area (TPSA) is 47.1 Å². The Kier molecular flexibility index (Phi) is 2.89. The number of hydrogen-bond donors (Lipinski definition) is 1. The summed E-state index contributed by atoms with van der Waals surface area (Å²) in [5, 5.41) is 0. The van der Waals surface area contributed by atoms with Crippen molar-refractivity contribution in [2.45, 2.75) is 13.0 Å². The molecule has 2 aromatic rings. The summed E-state index contributed by atoms with van der Waals surface area (Å²) in [5.41, 5.74) is 6.41. The van der Waals surface area contributed by atoms with E-state index in [2.05, 4.69) is 16.9 Å². The fourth-order valence-corrected chi connectivity index (χ4v) is 2.79. The summed E-state index contributed by atoms with van der Waals surface area (Å²) in [4.78, 5) is 6.24. The number of benzene rings is 1. The minimum atomic E-state index is -0.663. The average Bonchev–Trinajstić information content (AvgIpc) is 2.87. The van der Waals surface area contributed by atoms with Crippen molar-refractivity contribution >= 4 is 17.0 Å². The van der Waals surface area contributed by atoms with Crippen LogP contribution in [0.3, 0.4) is 0 Å². The normalized spacial score (nSPS) is 20.5. The maximum atomic E-state index is 13.6. The van der Waals surface area contributed by atoms with Gasteiger partial charge in [-0.05, 0) is 25.9 Å². The van der Waals surface area contributed by atoms with E-state index in [0.29, 0.717) is 18.0 Å². The van der Waals surface area contributed by atoms with Gasteiger partial charge in [-0.15, -0.1) is 0 Å². The van der Waals surface area contributed by atoms with Crippen LogP contribution in [0, 0.1) is 17.6 Å². The molecule has 0 saturated carbocycles. The summed E-state index contributed by atoms with van der Waals surface area (Å²) in [5.74, 6) is -0.580. The van der Waals surface area contributed by atoms with Crippen LogP contribution < -0.4 is 5.73 Å². The number of rotatable bonds is 2. The summed E-state index contributed by atoms with van der Waals surface area (Å²) in [6.45, 7) is 2.66. The molecular weight excluding hydrogens is 250 g/mol. The summed E-state index contributed by atoms with van der Waals surface area (Å²) in [7, 11) is 2.06. The standard InChI is InChI=1S/C13H16F2N4/c1-18-3-2-8(6-18)7-19-11-5-9(14)4-10(15)12(11)17-13(19)16/h4-5,8H,2-3,6-7H2,1H3,(H2,16,17). The molecule has 1 aromatic heterocycles. The molecule has 6 heteroatoms. The second-order valence-corrected chi connectivity index (χ2v) is 5.25. The van der Waals surface area contributed by atoms with Crippen LogP contribution in [0.5, 0.6) is 0 Å².